The summed E-state index contributed by atoms with van der Waals surface area (Å²) >= 11 is 0.937. The van der Waals surface area contributed by atoms with Crippen molar-refractivity contribution in [1.29, 1.82) is 0 Å². The zero-order valence-corrected chi connectivity index (χ0v) is 15.5. The third-order valence-electron chi connectivity index (χ3n) is 4.00. The normalized spacial score (nSPS) is 18.2. The average molecular weight is 407 g/mol. The number of aliphatic imine (C=N–C) groups is 1. The quantitative estimate of drug-likeness (QED) is 0.796. The zero-order chi connectivity index (χ0) is 20.3. The first kappa shape index (κ1) is 19.9. The van der Waals surface area contributed by atoms with Crippen molar-refractivity contribution < 1.29 is 22.8 Å². The SMILES string of the molecule is Cc1ccccc1NC(=O)C[C@@H]1SC(=Nc2ccccc2C(F)(F)F)NC1=O. The number of aryl methyl sites for hydroxylation is 1. The van der Waals surface area contributed by atoms with Gasteiger partial charge in [-0.2, -0.15) is 13.2 Å². The molecule has 146 valence electrons. The van der Waals surface area contributed by atoms with Crippen LogP contribution in [0.15, 0.2) is 53.5 Å². The Morgan fingerprint density at radius 1 is 1.18 bits per heavy atom. The minimum absolute atomic E-state index is 0.0374. The molecule has 2 aromatic carbocycles. The molecule has 2 aromatic rings. The van der Waals surface area contributed by atoms with E-state index in [1.807, 2.05) is 19.1 Å². The molecule has 0 radical (unpaired) electrons. The summed E-state index contributed by atoms with van der Waals surface area (Å²) in [6, 6.07) is 12.1. The smallest absolute Gasteiger partial charge is 0.326 e. The first-order valence-electron chi connectivity index (χ1n) is 8.32. The lowest BCUT2D eigenvalue weighted by Crippen LogP contribution is -2.28. The minimum Gasteiger partial charge on any atom is -0.326 e. The Balaban J connectivity index is 1.70. The Bertz CT molecular complexity index is 944. The van der Waals surface area contributed by atoms with Crippen LogP contribution in [0.4, 0.5) is 24.5 Å². The van der Waals surface area contributed by atoms with Crippen LogP contribution < -0.4 is 10.6 Å². The van der Waals surface area contributed by atoms with E-state index in [1.54, 1.807) is 12.1 Å². The first-order chi connectivity index (χ1) is 13.2. The Morgan fingerprint density at radius 3 is 2.57 bits per heavy atom. The van der Waals surface area contributed by atoms with E-state index in [1.165, 1.54) is 18.2 Å². The van der Waals surface area contributed by atoms with Crippen LogP contribution in [0.1, 0.15) is 17.5 Å². The molecule has 5 nitrogen and oxygen atoms in total. The predicted octanol–water partition coefficient (Wildman–Crippen LogP) is 4.26. The molecule has 0 aliphatic carbocycles. The molecule has 3 rings (SSSR count). The molecule has 0 unspecified atom stereocenters. The number of hydrogen-bond acceptors (Lipinski definition) is 4. The molecule has 2 N–H and O–H groups in total. The number of amides is 2. The number of carbonyl (C=O) groups excluding carboxylic acids is 2. The van der Waals surface area contributed by atoms with Gasteiger partial charge >= 0.3 is 6.18 Å². The number of para-hydroxylation sites is 2. The molecule has 0 bridgehead atoms. The fourth-order valence-corrected chi connectivity index (χ4v) is 3.58. The molecule has 1 fully saturated rings. The third kappa shape index (κ3) is 4.72. The average Bonchev–Trinajstić information content (AvgIpc) is 2.95. The fraction of sp³-hybridized carbons (Fsp3) is 0.211. The Hall–Kier alpha value is -2.81. The number of rotatable bonds is 4. The standard InChI is InChI=1S/C19H16F3N3O2S/c1-11-6-2-4-8-13(11)23-16(26)10-15-17(27)25-18(28-15)24-14-9-5-3-7-12(14)19(20,21)22/h2-9,15H,10H2,1H3,(H,23,26)(H,24,25,27)/t15-/m0/s1. The molecule has 1 atom stereocenters. The van der Waals surface area contributed by atoms with E-state index in [4.69, 9.17) is 0 Å². The van der Waals surface area contributed by atoms with Crippen LogP contribution in [-0.4, -0.2) is 22.2 Å². The van der Waals surface area contributed by atoms with Gasteiger partial charge in [-0.05, 0) is 30.7 Å². The van der Waals surface area contributed by atoms with Gasteiger partial charge < -0.3 is 10.6 Å². The molecule has 2 amide bonds. The first-order valence-corrected chi connectivity index (χ1v) is 9.20. The number of hydrogen-bond donors (Lipinski definition) is 2. The maximum atomic E-state index is 13.1. The van der Waals surface area contributed by atoms with Gasteiger partial charge in [0, 0.05) is 12.1 Å². The largest absolute Gasteiger partial charge is 0.418 e. The maximum Gasteiger partial charge on any atom is 0.418 e. The van der Waals surface area contributed by atoms with Crippen molar-refractivity contribution in [1.82, 2.24) is 5.32 Å². The van der Waals surface area contributed by atoms with Crippen molar-refractivity contribution in [3.8, 4) is 0 Å². The van der Waals surface area contributed by atoms with E-state index >= 15 is 0 Å². The lowest BCUT2D eigenvalue weighted by molar-refractivity contribution is -0.137. The topological polar surface area (TPSA) is 70.6 Å². The summed E-state index contributed by atoms with van der Waals surface area (Å²) in [6.07, 6.45) is -4.68. The highest BCUT2D eigenvalue weighted by atomic mass is 32.2. The van der Waals surface area contributed by atoms with Gasteiger partial charge in [-0.25, -0.2) is 4.99 Å². The van der Waals surface area contributed by atoms with Crippen LogP contribution in [0.3, 0.4) is 0 Å². The van der Waals surface area contributed by atoms with Gasteiger partial charge in [-0.15, -0.1) is 0 Å². The van der Waals surface area contributed by atoms with Crippen molar-refractivity contribution in [2.24, 2.45) is 4.99 Å². The molecule has 1 aliphatic rings. The second-order valence-electron chi connectivity index (χ2n) is 6.09. The van der Waals surface area contributed by atoms with Crippen molar-refractivity contribution in [2.45, 2.75) is 24.8 Å². The monoisotopic (exact) mass is 407 g/mol. The van der Waals surface area contributed by atoms with Gasteiger partial charge in [0.05, 0.1) is 11.3 Å². The van der Waals surface area contributed by atoms with Gasteiger partial charge in [0.15, 0.2) is 5.17 Å². The summed E-state index contributed by atoms with van der Waals surface area (Å²) in [5, 5.41) is 4.44. The highest BCUT2D eigenvalue weighted by Gasteiger charge is 2.35. The lowest BCUT2D eigenvalue weighted by atomic mass is 10.2. The molecular formula is C19H16F3N3O2S. The van der Waals surface area contributed by atoms with E-state index in [2.05, 4.69) is 15.6 Å². The third-order valence-corrected chi connectivity index (χ3v) is 5.08. The highest BCUT2D eigenvalue weighted by Crippen LogP contribution is 2.37. The number of anilines is 1. The van der Waals surface area contributed by atoms with Crippen molar-refractivity contribution >= 4 is 40.1 Å². The second kappa shape index (κ2) is 8.05. The molecule has 9 heteroatoms. The maximum absolute atomic E-state index is 13.1. The second-order valence-corrected chi connectivity index (χ2v) is 7.29. The summed E-state index contributed by atoms with van der Waals surface area (Å²) < 4.78 is 39.2. The van der Waals surface area contributed by atoms with Gasteiger partial charge in [0.1, 0.15) is 5.25 Å². The number of benzene rings is 2. The van der Waals surface area contributed by atoms with Crippen molar-refractivity contribution in [2.75, 3.05) is 5.32 Å². The summed E-state index contributed by atoms with van der Waals surface area (Å²) in [6.45, 7) is 1.84. The Kier molecular flexibility index (Phi) is 5.73. The number of amidine groups is 1. The van der Waals surface area contributed by atoms with E-state index < -0.39 is 22.9 Å². The Labute approximate surface area is 163 Å². The van der Waals surface area contributed by atoms with Crippen LogP contribution in [-0.2, 0) is 15.8 Å². The summed E-state index contributed by atoms with van der Waals surface area (Å²) in [5.74, 6) is -0.827. The van der Waals surface area contributed by atoms with Gasteiger partial charge in [-0.3, -0.25) is 9.59 Å². The van der Waals surface area contributed by atoms with Crippen LogP contribution in [0.2, 0.25) is 0 Å². The molecule has 0 spiro atoms. The van der Waals surface area contributed by atoms with E-state index in [-0.39, 0.29) is 23.2 Å². The number of nitrogens with one attached hydrogen (secondary N) is 2. The van der Waals surface area contributed by atoms with Crippen LogP contribution >= 0.6 is 11.8 Å². The molecule has 28 heavy (non-hydrogen) atoms. The number of halogens is 3. The summed E-state index contributed by atoms with van der Waals surface area (Å²) in [5.41, 5.74) is 0.343. The van der Waals surface area contributed by atoms with E-state index in [0.29, 0.717) is 5.69 Å². The van der Waals surface area contributed by atoms with Crippen LogP contribution in [0.25, 0.3) is 0 Å². The molecule has 0 saturated carbocycles. The summed E-state index contributed by atoms with van der Waals surface area (Å²) in [7, 11) is 0. The zero-order valence-electron chi connectivity index (χ0n) is 14.7. The number of alkyl halides is 3. The molecular weight excluding hydrogens is 391 g/mol. The molecule has 0 aromatic heterocycles. The summed E-state index contributed by atoms with van der Waals surface area (Å²) in [4.78, 5) is 28.2. The fourth-order valence-electron chi connectivity index (χ4n) is 2.60. The molecule has 1 aliphatic heterocycles. The van der Waals surface area contributed by atoms with E-state index in [0.717, 1.165) is 23.4 Å². The van der Waals surface area contributed by atoms with Crippen LogP contribution in [0, 0.1) is 6.92 Å². The lowest BCUT2D eigenvalue weighted by Gasteiger charge is -2.10. The number of carbonyl (C=O) groups is 2. The predicted molar refractivity (Wildman–Crippen MR) is 102 cm³/mol. The van der Waals surface area contributed by atoms with Gasteiger partial charge in [0.2, 0.25) is 11.8 Å². The van der Waals surface area contributed by atoms with Gasteiger partial charge in [0.25, 0.3) is 0 Å². The number of thioether (sulfide) groups is 1. The molecule has 1 saturated heterocycles. The minimum atomic E-state index is -4.55. The highest BCUT2D eigenvalue weighted by molar-refractivity contribution is 8.15. The number of nitrogens with zero attached hydrogens (tertiary/aromatic N) is 1. The Morgan fingerprint density at radius 2 is 1.86 bits per heavy atom. The van der Waals surface area contributed by atoms with E-state index in [9.17, 15) is 22.8 Å². The van der Waals surface area contributed by atoms with Gasteiger partial charge in [-0.1, -0.05) is 42.1 Å². The van der Waals surface area contributed by atoms with Crippen molar-refractivity contribution in [3.05, 3.63) is 59.7 Å². The molecule has 1 heterocycles. The van der Waals surface area contributed by atoms with Crippen LogP contribution in [0.5, 0.6) is 0 Å². The van der Waals surface area contributed by atoms with Crippen molar-refractivity contribution in [3.63, 3.8) is 0 Å².